The molecule has 0 radical (unpaired) electrons. The molecule has 0 aliphatic carbocycles. The van der Waals surface area contributed by atoms with Gasteiger partial charge in [-0.05, 0) is 25.7 Å². The Morgan fingerprint density at radius 3 is 0.813 bits per heavy atom. The van der Waals surface area contributed by atoms with Gasteiger partial charge in [-0.2, -0.15) is 0 Å². The molecule has 0 aromatic carbocycles. The maximum Gasteiger partial charge on any atom is 0.305 e. The van der Waals surface area contributed by atoms with Crippen LogP contribution in [0, 0.1) is 0 Å². The van der Waals surface area contributed by atoms with Gasteiger partial charge in [0.25, 0.3) is 0 Å². The van der Waals surface area contributed by atoms with Gasteiger partial charge in [0.05, 0.1) is 25.4 Å². The van der Waals surface area contributed by atoms with E-state index >= 15 is 0 Å². The fraction of sp³-hybridized carbons (Fsp3) is 0.971. The fourth-order valence-corrected chi connectivity index (χ4v) is 11.4. The van der Waals surface area contributed by atoms with Crippen molar-refractivity contribution in [3.63, 3.8) is 0 Å². The first-order chi connectivity index (χ1) is 37.0. The second-order valence-electron chi connectivity index (χ2n) is 24.2. The first kappa shape index (κ1) is 73.9. The average molecular weight is 1060 g/mol. The van der Waals surface area contributed by atoms with E-state index in [1.807, 2.05) is 0 Å². The third-order valence-electron chi connectivity index (χ3n) is 16.7. The van der Waals surface area contributed by atoms with E-state index in [-0.39, 0.29) is 18.5 Å². The van der Waals surface area contributed by atoms with Gasteiger partial charge in [0.15, 0.2) is 0 Å². The molecule has 75 heavy (non-hydrogen) atoms. The Hall–Kier alpha value is -1.14. The number of aliphatic hydroxyl groups is 2. The third-order valence-corrected chi connectivity index (χ3v) is 16.7. The molecule has 2 unspecified atom stereocenters. The van der Waals surface area contributed by atoms with Crippen LogP contribution in [-0.4, -0.2) is 47.4 Å². The molecule has 6 heteroatoms. The van der Waals surface area contributed by atoms with E-state index in [1.54, 1.807) is 0 Å². The van der Waals surface area contributed by atoms with Gasteiger partial charge in [-0.3, -0.25) is 9.59 Å². The zero-order chi connectivity index (χ0) is 54.3. The standard InChI is InChI=1S/C69H137NO5/c1-3-5-7-9-11-13-15-17-19-21-22-23-26-30-33-37-41-45-49-53-57-61-67(72)66(65-71)70-68(73)62-58-54-50-46-42-38-34-31-27-24-25-28-32-36-40-44-48-52-56-60-64-75-69(74)63-59-55-51-47-43-39-35-29-20-18-16-14-12-10-8-6-4-2/h66-67,71-72H,3-65H2,1-2H3,(H,70,73). The van der Waals surface area contributed by atoms with Crippen LogP contribution < -0.4 is 5.32 Å². The van der Waals surface area contributed by atoms with Gasteiger partial charge in [-0.1, -0.05) is 367 Å². The van der Waals surface area contributed by atoms with E-state index in [0.29, 0.717) is 25.9 Å². The van der Waals surface area contributed by atoms with Crippen molar-refractivity contribution in [2.75, 3.05) is 13.2 Å². The Labute approximate surface area is 470 Å². The highest BCUT2D eigenvalue weighted by atomic mass is 16.5. The predicted molar refractivity (Wildman–Crippen MR) is 329 cm³/mol. The largest absolute Gasteiger partial charge is 0.466 e. The van der Waals surface area contributed by atoms with Gasteiger partial charge in [-0.15, -0.1) is 0 Å². The van der Waals surface area contributed by atoms with E-state index in [1.165, 1.54) is 334 Å². The van der Waals surface area contributed by atoms with Crippen LogP contribution in [0.1, 0.15) is 406 Å². The predicted octanol–water partition coefficient (Wildman–Crippen LogP) is 22.2. The first-order valence-electron chi connectivity index (χ1n) is 34.8. The number of ether oxygens (including phenoxy) is 1. The highest BCUT2D eigenvalue weighted by molar-refractivity contribution is 5.76. The maximum atomic E-state index is 12.5. The van der Waals surface area contributed by atoms with Crippen molar-refractivity contribution in [1.29, 1.82) is 0 Å². The molecule has 3 N–H and O–H groups in total. The number of hydrogen-bond donors (Lipinski definition) is 3. The van der Waals surface area contributed by atoms with Crippen molar-refractivity contribution in [3.8, 4) is 0 Å². The van der Waals surface area contributed by atoms with Crippen molar-refractivity contribution in [1.82, 2.24) is 5.32 Å². The van der Waals surface area contributed by atoms with Crippen LogP contribution in [0.3, 0.4) is 0 Å². The van der Waals surface area contributed by atoms with E-state index in [0.717, 1.165) is 38.5 Å². The van der Waals surface area contributed by atoms with Gasteiger partial charge < -0.3 is 20.3 Å². The highest BCUT2D eigenvalue weighted by Crippen LogP contribution is 2.19. The van der Waals surface area contributed by atoms with Gasteiger partial charge >= 0.3 is 5.97 Å². The first-order valence-corrected chi connectivity index (χ1v) is 34.8. The molecule has 2 atom stereocenters. The van der Waals surface area contributed by atoms with Crippen molar-refractivity contribution >= 4 is 11.9 Å². The normalized spacial score (nSPS) is 12.4. The Balaban J connectivity index is 3.37. The number of carbonyl (C=O) groups excluding carboxylic acids is 2. The smallest absolute Gasteiger partial charge is 0.305 e. The lowest BCUT2D eigenvalue weighted by atomic mass is 10.0. The number of amides is 1. The van der Waals surface area contributed by atoms with Gasteiger partial charge in [-0.25, -0.2) is 0 Å². The zero-order valence-electron chi connectivity index (χ0n) is 51.3. The molecule has 0 aromatic rings. The molecule has 0 heterocycles. The second-order valence-corrected chi connectivity index (χ2v) is 24.2. The molecule has 0 aliphatic rings. The lowest BCUT2D eigenvalue weighted by molar-refractivity contribution is -0.143. The monoisotopic (exact) mass is 1060 g/mol. The number of hydrogen-bond acceptors (Lipinski definition) is 5. The summed E-state index contributed by atoms with van der Waals surface area (Å²) in [5.41, 5.74) is 0. The van der Waals surface area contributed by atoms with Crippen LogP contribution in [0.2, 0.25) is 0 Å². The summed E-state index contributed by atoms with van der Waals surface area (Å²) in [6, 6.07) is -0.543. The number of carbonyl (C=O) groups is 2. The number of rotatable bonds is 66. The summed E-state index contributed by atoms with van der Waals surface area (Å²) >= 11 is 0. The molecule has 0 saturated carbocycles. The molecule has 0 spiro atoms. The van der Waals surface area contributed by atoms with E-state index in [2.05, 4.69) is 19.2 Å². The topological polar surface area (TPSA) is 95.9 Å². The van der Waals surface area contributed by atoms with Gasteiger partial charge in [0.1, 0.15) is 0 Å². The van der Waals surface area contributed by atoms with Gasteiger partial charge in [0.2, 0.25) is 5.91 Å². The lowest BCUT2D eigenvalue weighted by Crippen LogP contribution is -2.45. The quantitative estimate of drug-likeness (QED) is 0.0417. The van der Waals surface area contributed by atoms with E-state index in [9.17, 15) is 19.8 Å². The minimum atomic E-state index is -0.666. The molecule has 0 aliphatic heterocycles. The van der Waals surface area contributed by atoms with Crippen LogP contribution in [-0.2, 0) is 14.3 Å². The molecule has 6 nitrogen and oxygen atoms in total. The van der Waals surface area contributed by atoms with E-state index < -0.39 is 12.1 Å². The third kappa shape index (κ3) is 61.9. The van der Waals surface area contributed by atoms with Gasteiger partial charge in [0, 0.05) is 12.8 Å². The summed E-state index contributed by atoms with van der Waals surface area (Å²) in [4.78, 5) is 24.6. The summed E-state index contributed by atoms with van der Waals surface area (Å²) < 4.78 is 5.50. The minimum Gasteiger partial charge on any atom is -0.466 e. The number of esters is 1. The Kier molecular flexibility index (Phi) is 64.4. The molecule has 0 bridgehead atoms. The van der Waals surface area contributed by atoms with Crippen molar-refractivity contribution in [2.45, 2.75) is 418 Å². The molecule has 0 saturated heterocycles. The Morgan fingerprint density at radius 2 is 0.547 bits per heavy atom. The fourth-order valence-electron chi connectivity index (χ4n) is 11.4. The maximum absolute atomic E-state index is 12.5. The molecule has 448 valence electrons. The molecular weight excluding hydrogens is 923 g/mol. The second kappa shape index (κ2) is 65.4. The SMILES string of the molecule is CCCCCCCCCCCCCCCCCCCCCCCC(O)C(CO)NC(=O)CCCCCCCCCCCCCCCCCCCCCCOC(=O)CCCCCCCCCCCCCCCCCCC. The van der Waals surface area contributed by atoms with Crippen LogP contribution in [0.15, 0.2) is 0 Å². The zero-order valence-corrected chi connectivity index (χ0v) is 51.3. The van der Waals surface area contributed by atoms with Crippen LogP contribution in [0.4, 0.5) is 0 Å². The average Bonchev–Trinajstić information content (AvgIpc) is 3.41. The molecule has 1 amide bonds. The summed E-state index contributed by atoms with van der Waals surface area (Å²) in [5.74, 6) is -0.0152. The number of unbranched alkanes of at least 4 members (excludes halogenated alkanes) is 55. The summed E-state index contributed by atoms with van der Waals surface area (Å²) in [7, 11) is 0. The lowest BCUT2D eigenvalue weighted by Gasteiger charge is -2.22. The minimum absolute atomic E-state index is 0.0162. The summed E-state index contributed by atoms with van der Waals surface area (Å²) in [6.07, 6.45) is 78.5. The van der Waals surface area contributed by atoms with E-state index in [4.69, 9.17) is 4.74 Å². The summed E-state index contributed by atoms with van der Waals surface area (Å²) in [5, 5.41) is 23.4. The van der Waals surface area contributed by atoms with Crippen molar-refractivity contribution in [3.05, 3.63) is 0 Å². The summed E-state index contributed by atoms with van der Waals surface area (Å²) in [6.45, 7) is 5.00. The van der Waals surface area contributed by atoms with Crippen molar-refractivity contribution in [2.24, 2.45) is 0 Å². The molecule has 0 rings (SSSR count). The Morgan fingerprint density at radius 1 is 0.320 bits per heavy atom. The van der Waals surface area contributed by atoms with Crippen LogP contribution in [0.5, 0.6) is 0 Å². The number of nitrogens with one attached hydrogen (secondary N) is 1. The van der Waals surface area contributed by atoms with Crippen molar-refractivity contribution < 1.29 is 24.5 Å². The van der Waals surface area contributed by atoms with Crippen LogP contribution >= 0.6 is 0 Å². The highest BCUT2D eigenvalue weighted by Gasteiger charge is 2.20. The molecular formula is C69H137NO5. The van der Waals surface area contributed by atoms with Crippen LogP contribution in [0.25, 0.3) is 0 Å². The molecule has 0 aromatic heterocycles. The Bertz CT molecular complexity index is 1080. The molecule has 0 fully saturated rings. The number of aliphatic hydroxyl groups excluding tert-OH is 2.